The van der Waals surface area contributed by atoms with Gasteiger partial charge < -0.3 is 5.11 Å². The lowest BCUT2D eigenvalue weighted by molar-refractivity contribution is -0.117. The molecule has 2 saturated carbocycles. The van der Waals surface area contributed by atoms with Crippen LogP contribution in [0.5, 0.6) is 0 Å². The number of hydrogen-bond donors (Lipinski definition) is 1. The maximum Gasteiger partial charge on any atom is 0.0928 e. The second-order valence-electron chi connectivity index (χ2n) is 6.75. The van der Waals surface area contributed by atoms with Gasteiger partial charge in [0.25, 0.3) is 0 Å². The monoisotopic (exact) mass is 261 g/mol. The molecule has 3 aliphatic rings. The van der Waals surface area contributed by atoms with E-state index in [2.05, 4.69) is 21.8 Å². The summed E-state index contributed by atoms with van der Waals surface area (Å²) in [7, 11) is 0. The van der Waals surface area contributed by atoms with E-state index in [1.165, 1.54) is 38.5 Å². The van der Waals surface area contributed by atoms with Crippen LogP contribution in [0.4, 0.5) is 0 Å². The van der Waals surface area contributed by atoms with Crippen LogP contribution in [0.25, 0.3) is 0 Å². The predicted octanol–water partition coefficient (Wildman–Crippen LogP) is 1.95. The number of likely N-dealkylation sites (tertiary alicyclic amines) is 1. The Hall–Kier alpha value is -0.870. The molecule has 104 valence electrons. The summed E-state index contributed by atoms with van der Waals surface area (Å²) in [6.07, 6.45) is 9.85. The molecule has 0 radical (unpaired) electrons. The van der Waals surface area contributed by atoms with Crippen LogP contribution in [0.15, 0.2) is 12.3 Å². The van der Waals surface area contributed by atoms with Crippen LogP contribution in [-0.4, -0.2) is 38.5 Å². The zero-order chi connectivity index (χ0) is 12.9. The largest absolute Gasteiger partial charge is 0.387 e. The third-order valence-electron chi connectivity index (χ3n) is 5.08. The van der Waals surface area contributed by atoms with Gasteiger partial charge in [0.15, 0.2) is 0 Å². The summed E-state index contributed by atoms with van der Waals surface area (Å²) in [6.45, 7) is 2.58. The first-order chi connectivity index (χ1) is 9.23. The highest BCUT2D eigenvalue weighted by molar-refractivity contribution is 5.08. The highest BCUT2D eigenvalue weighted by Crippen LogP contribution is 2.44. The van der Waals surface area contributed by atoms with Crippen LogP contribution in [0.2, 0.25) is 0 Å². The van der Waals surface area contributed by atoms with E-state index in [1.807, 2.05) is 0 Å². The summed E-state index contributed by atoms with van der Waals surface area (Å²) in [4.78, 5) is 2.32. The van der Waals surface area contributed by atoms with Crippen molar-refractivity contribution in [1.29, 1.82) is 0 Å². The van der Waals surface area contributed by atoms with Gasteiger partial charge in [-0.25, -0.2) is 0 Å². The molecule has 2 heterocycles. The molecule has 19 heavy (non-hydrogen) atoms. The van der Waals surface area contributed by atoms with E-state index in [-0.39, 0.29) is 5.60 Å². The molecule has 1 aromatic heterocycles. The normalized spacial score (nSPS) is 27.6. The molecule has 1 N–H and O–H groups in total. The van der Waals surface area contributed by atoms with E-state index >= 15 is 0 Å². The highest BCUT2D eigenvalue weighted by atomic mass is 16.3. The van der Waals surface area contributed by atoms with Crippen molar-refractivity contribution in [3.05, 3.63) is 18.0 Å². The molecule has 2 aliphatic carbocycles. The average Bonchev–Trinajstić information content (AvgIpc) is 2.89. The van der Waals surface area contributed by atoms with Gasteiger partial charge in [-0.1, -0.05) is 12.8 Å². The molecule has 4 rings (SSSR count). The standard InChI is InChI=1S/C15H23N3O/c19-15(12-5-6-12)10-17(11-15)9-13-7-8-18(16-13)14-3-1-2-4-14/h7-8,12,14,19H,1-6,9-11H2. The second kappa shape index (κ2) is 4.32. The molecule has 0 unspecified atom stereocenters. The first-order valence-corrected chi connectivity index (χ1v) is 7.72. The van der Waals surface area contributed by atoms with Gasteiger partial charge in [0.1, 0.15) is 0 Å². The molecule has 1 aromatic rings. The van der Waals surface area contributed by atoms with Gasteiger partial charge in [0.2, 0.25) is 0 Å². The zero-order valence-corrected chi connectivity index (χ0v) is 11.5. The van der Waals surface area contributed by atoms with Gasteiger partial charge in [-0.15, -0.1) is 0 Å². The molecule has 0 bridgehead atoms. The van der Waals surface area contributed by atoms with Crippen molar-refractivity contribution in [2.75, 3.05) is 13.1 Å². The number of hydrogen-bond acceptors (Lipinski definition) is 3. The van der Waals surface area contributed by atoms with Gasteiger partial charge in [-0.2, -0.15) is 5.10 Å². The Bertz CT molecular complexity index is 454. The molecule has 0 aromatic carbocycles. The highest BCUT2D eigenvalue weighted by Gasteiger charge is 2.51. The average molecular weight is 261 g/mol. The SMILES string of the molecule is OC1(C2CC2)CN(Cc2ccn(C3CCCC3)n2)C1. The Morgan fingerprint density at radius 1 is 1.21 bits per heavy atom. The minimum absolute atomic E-state index is 0.367. The van der Waals surface area contributed by atoms with Crippen molar-refractivity contribution >= 4 is 0 Å². The predicted molar refractivity (Wildman–Crippen MR) is 72.7 cm³/mol. The topological polar surface area (TPSA) is 41.3 Å². The Balaban J connectivity index is 1.33. The Kier molecular flexibility index (Phi) is 2.71. The Morgan fingerprint density at radius 3 is 2.63 bits per heavy atom. The number of nitrogens with zero attached hydrogens (tertiary/aromatic N) is 3. The zero-order valence-electron chi connectivity index (χ0n) is 11.5. The summed E-state index contributed by atoms with van der Waals surface area (Å²) in [5.41, 5.74) is 0.790. The van der Waals surface area contributed by atoms with Crippen LogP contribution in [0, 0.1) is 5.92 Å². The first-order valence-electron chi connectivity index (χ1n) is 7.72. The summed E-state index contributed by atoms with van der Waals surface area (Å²) >= 11 is 0. The lowest BCUT2D eigenvalue weighted by Gasteiger charge is -2.46. The summed E-state index contributed by atoms with van der Waals surface area (Å²) < 4.78 is 2.16. The molecular weight excluding hydrogens is 238 g/mol. The Morgan fingerprint density at radius 2 is 1.95 bits per heavy atom. The first kappa shape index (κ1) is 11.9. The smallest absolute Gasteiger partial charge is 0.0928 e. The summed E-state index contributed by atoms with van der Waals surface area (Å²) in [5, 5.41) is 15.0. The molecule has 4 heteroatoms. The van der Waals surface area contributed by atoms with Crippen molar-refractivity contribution in [1.82, 2.24) is 14.7 Å². The van der Waals surface area contributed by atoms with Gasteiger partial charge in [0, 0.05) is 25.8 Å². The maximum absolute atomic E-state index is 10.3. The molecule has 3 fully saturated rings. The number of β-amino-alcohol motifs (C(OH)–C–C–N with tert-alkyl or cyclic N) is 1. The van der Waals surface area contributed by atoms with Gasteiger partial charge in [-0.3, -0.25) is 9.58 Å². The van der Waals surface area contributed by atoms with E-state index in [4.69, 9.17) is 5.10 Å². The fourth-order valence-electron chi connectivity index (χ4n) is 3.78. The van der Waals surface area contributed by atoms with Crippen molar-refractivity contribution in [3.8, 4) is 0 Å². The third kappa shape index (κ3) is 2.21. The van der Waals surface area contributed by atoms with E-state index in [9.17, 15) is 5.11 Å². The molecule has 0 spiro atoms. The second-order valence-corrected chi connectivity index (χ2v) is 6.75. The van der Waals surface area contributed by atoms with Crippen molar-refractivity contribution in [3.63, 3.8) is 0 Å². The van der Waals surface area contributed by atoms with Crippen LogP contribution >= 0.6 is 0 Å². The van der Waals surface area contributed by atoms with Crippen LogP contribution in [-0.2, 0) is 6.54 Å². The van der Waals surface area contributed by atoms with Crippen molar-refractivity contribution < 1.29 is 5.11 Å². The van der Waals surface area contributed by atoms with E-state index in [1.54, 1.807) is 0 Å². The molecule has 4 nitrogen and oxygen atoms in total. The van der Waals surface area contributed by atoms with Gasteiger partial charge >= 0.3 is 0 Å². The fourth-order valence-corrected chi connectivity index (χ4v) is 3.78. The summed E-state index contributed by atoms with van der Waals surface area (Å²) in [6, 6.07) is 2.78. The van der Waals surface area contributed by atoms with Crippen LogP contribution in [0.3, 0.4) is 0 Å². The molecule has 0 amide bonds. The minimum Gasteiger partial charge on any atom is -0.387 e. The number of aromatic nitrogens is 2. The van der Waals surface area contributed by atoms with Crippen molar-refractivity contribution in [2.45, 2.75) is 56.7 Å². The lowest BCUT2D eigenvalue weighted by Crippen LogP contribution is -2.62. The lowest BCUT2D eigenvalue weighted by atomic mass is 9.89. The minimum atomic E-state index is -0.367. The fraction of sp³-hybridized carbons (Fsp3) is 0.800. The quantitative estimate of drug-likeness (QED) is 0.900. The number of aliphatic hydroxyl groups is 1. The van der Waals surface area contributed by atoms with Gasteiger partial charge in [0.05, 0.1) is 17.3 Å². The van der Waals surface area contributed by atoms with E-state index in [0.29, 0.717) is 12.0 Å². The molecular formula is C15H23N3O. The van der Waals surface area contributed by atoms with Crippen LogP contribution < -0.4 is 0 Å². The summed E-state index contributed by atoms with van der Waals surface area (Å²) in [5.74, 6) is 0.583. The van der Waals surface area contributed by atoms with Crippen molar-refractivity contribution in [2.24, 2.45) is 5.92 Å². The Labute approximate surface area is 114 Å². The number of rotatable bonds is 4. The molecule has 0 atom stereocenters. The van der Waals surface area contributed by atoms with E-state index in [0.717, 1.165) is 25.3 Å². The molecule has 1 saturated heterocycles. The molecule has 1 aliphatic heterocycles. The maximum atomic E-state index is 10.3. The van der Waals surface area contributed by atoms with Gasteiger partial charge in [-0.05, 0) is 37.7 Å². The van der Waals surface area contributed by atoms with E-state index < -0.39 is 0 Å². The third-order valence-corrected chi connectivity index (χ3v) is 5.08. The van der Waals surface area contributed by atoms with Crippen LogP contribution in [0.1, 0.15) is 50.3 Å².